The van der Waals surface area contributed by atoms with E-state index in [2.05, 4.69) is 10.6 Å². The first kappa shape index (κ1) is 17.8. The zero-order chi connectivity index (χ0) is 18.1. The highest BCUT2D eigenvalue weighted by atomic mass is 32.1. The summed E-state index contributed by atoms with van der Waals surface area (Å²) in [7, 11) is 2.09. The molecule has 2 N–H and O–H groups in total. The molecule has 2 rings (SSSR count). The molecule has 1 saturated heterocycles. The minimum Gasteiger partial charge on any atom is -0.468 e. The lowest BCUT2D eigenvalue weighted by Gasteiger charge is -2.47. The number of hydrogen-bond donors (Lipinski definition) is 2. The topological polar surface area (TPSA) is 135 Å². The second kappa shape index (κ2) is 6.16. The van der Waals surface area contributed by atoms with Gasteiger partial charge in [-0.05, 0) is 25.1 Å². The molecule has 0 aromatic carbocycles. The molecule has 2 aliphatic rings. The number of ether oxygens (including phenoxy) is 2. The largest absolute Gasteiger partial charge is 0.468 e. The normalized spacial score (nSPS) is 32.4. The number of nitrogens with one attached hydrogen (secondary N) is 2. The van der Waals surface area contributed by atoms with E-state index in [9.17, 15) is 24.4 Å². The lowest BCUT2D eigenvalue weighted by atomic mass is 9.60. The van der Waals surface area contributed by atoms with Crippen LogP contribution < -0.4 is 10.6 Å². The Balaban J connectivity index is 2.84. The van der Waals surface area contributed by atoms with Gasteiger partial charge < -0.3 is 20.1 Å². The Hall–Kier alpha value is -2.54. The van der Waals surface area contributed by atoms with Crippen LogP contribution in [-0.4, -0.2) is 48.5 Å². The number of nitriles is 1. The smallest absolute Gasteiger partial charge is 0.335 e. The molecule has 1 aliphatic heterocycles. The van der Waals surface area contributed by atoms with Crippen molar-refractivity contribution in [3.05, 3.63) is 0 Å². The van der Waals surface area contributed by atoms with Crippen LogP contribution in [0.4, 0.5) is 0 Å². The number of rotatable bonds is 3. The van der Waals surface area contributed by atoms with E-state index in [1.165, 1.54) is 0 Å². The standard InChI is InChI=1S/C14H15N3O6S/c1-22-10(20)13(5-3-4-8(13)18)14(11(21)23-2)7(6-15)9(19)16-12(24)17-14/h7H,3-5H2,1-2H3,(H2,16,17,19,24). The number of Topliss-reactive ketones (excluding diaryl/α,β-unsaturated/α-hetero) is 1. The molecule has 1 heterocycles. The molecule has 0 spiro atoms. The molecule has 3 atom stereocenters. The Morgan fingerprint density at radius 3 is 2.38 bits per heavy atom. The monoisotopic (exact) mass is 353 g/mol. The Morgan fingerprint density at radius 1 is 1.29 bits per heavy atom. The zero-order valence-electron chi connectivity index (χ0n) is 13.0. The molecule has 2 fully saturated rings. The number of ketones is 1. The van der Waals surface area contributed by atoms with Crippen LogP contribution in [0.5, 0.6) is 0 Å². The molecule has 128 valence electrons. The molecule has 0 aromatic rings. The lowest BCUT2D eigenvalue weighted by Crippen LogP contribution is -2.78. The van der Waals surface area contributed by atoms with E-state index in [0.29, 0.717) is 6.42 Å². The number of nitrogens with zero attached hydrogens (tertiary/aromatic N) is 1. The molecule has 10 heteroatoms. The van der Waals surface area contributed by atoms with Gasteiger partial charge in [-0.3, -0.25) is 14.4 Å². The van der Waals surface area contributed by atoms with Crippen LogP contribution in [0.3, 0.4) is 0 Å². The number of thiocarbonyl (C=S) groups is 1. The van der Waals surface area contributed by atoms with Crippen molar-refractivity contribution in [1.82, 2.24) is 10.6 Å². The van der Waals surface area contributed by atoms with E-state index in [4.69, 9.17) is 21.7 Å². The first-order chi connectivity index (χ1) is 11.3. The summed E-state index contributed by atoms with van der Waals surface area (Å²) >= 11 is 4.92. The minimum atomic E-state index is -2.28. The van der Waals surface area contributed by atoms with E-state index < -0.39 is 40.5 Å². The third kappa shape index (κ3) is 2.08. The fourth-order valence-electron chi connectivity index (χ4n) is 3.51. The van der Waals surface area contributed by atoms with Crippen molar-refractivity contribution in [3.8, 4) is 6.07 Å². The van der Waals surface area contributed by atoms with E-state index in [1.54, 1.807) is 6.07 Å². The van der Waals surface area contributed by atoms with Gasteiger partial charge in [0.15, 0.2) is 27.8 Å². The molecular weight excluding hydrogens is 338 g/mol. The molecule has 0 radical (unpaired) electrons. The van der Waals surface area contributed by atoms with Gasteiger partial charge in [0.05, 0.1) is 20.3 Å². The van der Waals surface area contributed by atoms with Crippen molar-refractivity contribution in [2.45, 2.75) is 24.8 Å². The van der Waals surface area contributed by atoms with E-state index >= 15 is 0 Å². The molecule has 1 saturated carbocycles. The third-order valence-corrected chi connectivity index (χ3v) is 4.72. The summed E-state index contributed by atoms with van der Waals surface area (Å²) in [5, 5.41) is 13.9. The van der Waals surface area contributed by atoms with Crippen molar-refractivity contribution >= 4 is 41.0 Å². The van der Waals surface area contributed by atoms with Gasteiger partial charge in [0.1, 0.15) is 0 Å². The highest BCUT2D eigenvalue weighted by Crippen LogP contribution is 2.49. The Kier molecular flexibility index (Phi) is 4.57. The van der Waals surface area contributed by atoms with Gasteiger partial charge in [-0.15, -0.1) is 0 Å². The Morgan fingerprint density at radius 2 is 1.92 bits per heavy atom. The number of hydrogen-bond acceptors (Lipinski definition) is 8. The van der Waals surface area contributed by atoms with Gasteiger partial charge >= 0.3 is 11.9 Å². The van der Waals surface area contributed by atoms with Crippen molar-refractivity contribution in [1.29, 1.82) is 5.26 Å². The highest BCUT2D eigenvalue weighted by molar-refractivity contribution is 7.80. The molecule has 1 amide bonds. The van der Waals surface area contributed by atoms with E-state index in [1.807, 2.05) is 0 Å². The van der Waals surface area contributed by atoms with E-state index in [0.717, 1.165) is 14.2 Å². The lowest BCUT2D eigenvalue weighted by molar-refractivity contribution is -0.177. The average molecular weight is 353 g/mol. The van der Waals surface area contributed by atoms with Crippen LogP contribution >= 0.6 is 12.2 Å². The van der Waals surface area contributed by atoms with Gasteiger partial charge in [-0.2, -0.15) is 5.26 Å². The van der Waals surface area contributed by atoms with Crippen molar-refractivity contribution in [2.24, 2.45) is 11.3 Å². The summed E-state index contributed by atoms with van der Waals surface area (Å²) in [6, 6.07) is 1.69. The van der Waals surface area contributed by atoms with Gasteiger partial charge in [0.2, 0.25) is 5.91 Å². The number of carbonyl (C=O) groups excluding carboxylic acids is 4. The Labute approximate surface area is 142 Å². The van der Waals surface area contributed by atoms with Gasteiger partial charge in [-0.25, -0.2) is 4.79 Å². The molecule has 0 bridgehead atoms. The fourth-order valence-corrected chi connectivity index (χ4v) is 3.77. The van der Waals surface area contributed by atoms with Crippen LogP contribution in [0.15, 0.2) is 0 Å². The van der Waals surface area contributed by atoms with Crippen LogP contribution in [0.1, 0.15) is 19.3 Å². The molecular formula is C14H15N3O6S. The summed E-state index contributed by atoms with van der Waals surface area (Å²) in [4.78, 5) is 50.2. The fraction of sp³-hybridized carbons (Fsp3) is 0.571. The zero-order valence-corrected chi connectivity index (χ0v) is 13.8. The highest BCUT2D eigenvalue weighted by Gasteiger charge is 2.74. The second-order valence-electron chi connectivity index (χ2n) is 5.48. The third-order valence-electron chi connectivity index (χ3n) is 4.52. The maximum Gasteiger partial charge on any atom is 0.335 e. The molecule has 24 heavy (non-hydrogen) atoms. The van der Waals surface area contributed by atoms with Gasteiger partial charge in [0, 0.05) is 6.42 Å². The van der Waals surface area contributed by atoms with Crippen molar-refractivity contribution in [3.63, 3.8) is 0 Å². The van der Waals surface area contributed by atoms with Crippen LogP contribution in [0, 0.1) is 22.7 Å². The first-order valence-corrected chi connectivity index (χ1v) is 7.45. The van der Waals surface area contributed by atoms with Crippen molar-refractivity contribution in [2.75, 3.05) is 14.2 Å². The van der Waals surface area contributed by atoms with Gasteiger partial charge in [0.25, 0.3) is 0 Å². The second-order valence-corrected chi connectivity index (χ2v) is 5.89. The summed E-state index contributed by atoms with van der Waals surface area (Å²) in [6.07, 6.45) is 0.220. The van der Waals surface area contributed by atoms with Crippen LogP contribution in [0.2, 0.25) is 0 Å². The predicted octanol–water partition coefficient (Wildman–Crippen LogP) is -1.05. The molecule has 9 nitrogen and oxygen atoms in total. The quantitative estimate of drug-likeness (QED) is 0.370. The van der Waals surface area contributed by atoms with Crippen LogP contribution in [0.25, 0.3) is 0 Å². The van der Waals surface area contributed by atoms with E-state index in [-0.39, 0.29) is 18.0 Å². The van der Waals surface area contributed by atoms with Crippen LogP contribution in [-0.2, 0) is 28.7 Å². The molecule has 1 aliphatic carbocycles. The average Bonchev–Trinajstić information content (AvgIpc) is 2.95. The van der Waals surface area contributed by atoms with Crippen molar-refractivity contribution < 1.29 is 28.7 Å². The summed E-state index contributed by atoms with van der Waals surface area (Å²) < 4.78 is 9.50. The maximum atomic E-state index is 12.7. The number of methoxy groups -OCH3 is 2. The molecule has 3 unspecified atom stereocenters. The summed E-state index contributed by atoms with van der Waals surface area (Å²) in [5.74, 6) is -5.33. The summed E-state index contributed by atoms with van der Waals surface area (Å²) in [5.41, 5.74) is -4.35. The summed E-state index contributed by atoms with van der Waals surface area (Å²) in [6.45, 7) is 0. The number of esters is 2. The minimum absolute atomic E-state index is 0.00204. The molecule has 0 aromatic heterocycles. The Bertz CT molecular complexity index is 686. The number of carbonyl (C=O) groups is 4. The first-order valence-electron chi connectivity index (χ1n) is 7.04. The maximum absolute atomic E-state index is 12.7. The number of amides is 1. The predicted molar refractivity (Wildman–Crippen MR) is 81.0 cm³/mol. The SMILES string of the molecule is COC(=O)C1(C2(C(=O)OC)NC(=S)NC(=O)C2C#N)CCCC1=O. The van der Waals surface area contributed by atoms with Gasteiger partial charge in [-0.1, -0.05) is 0 Å².